The monoisotopic (exact) mass is 654 g/mol. The Balaban J connectivity index is 1.17. The van der Waals surface area contributed by atoms with Gasteiger partial charge in [-0.2, -0.15) is 0 Å². The van der Waals surface area contributed by atoms with Crippen LogP contribution < -0.4 is 4.74 Å². The van der Waals surface area contributed by atoms with Crippen molar-refractivity contribution in [3.8, 4) is 5.75 Å². The second-order valence-corrected chi connectivity index (χ2v) is 13.6. The normalized spacial score (nSPS) is 20.4. The van der Waals surface area contributed by atoms with Crippen molar-refractivity contribution in [3.05, 3.63) is 35.5 Å². The number of aryl methyl sites for hydroxylation is 1. The van der Waals surface area contributed by atoms with E-state index in [0.29, 0.717) is 50.1 Å². The Hall–Kier alpha value is -3.17. The number of benzene rings is 1. The van der Waals surface area contributed by atoms with Crippen LogP contribution in [0.5, 0.6) is 5.75 Å². The molecule has 3 saturated heterocycles. The van der Waals surface area contributed by atoms with Gasteiger partial charge in [-0.3, -0.25) is 0 Å². The summed E-state index contributed by atoms with van der Waals surface area (Å²) in [5, 5.41) is 0.888. The summed E-state index contributed by atoms with van der Waals surface area (Å²) < 4.78 is 11.2. The molecule has 3 fully saturated rings. The number of hydrogen-bond donors (Lipinski definition) is 0. The molecule has 11 nitrogen and oxygen atoms in total. The molecule has 1 aromatic heterocycles. The van der Waals surface area contributed by atoms with E-state index < -0.39 is 15.8 Å². The summed E-state index contributed by atoms with van der Waals surface area (Å²) in [6, 6.07) is 8.03. The molecule has 1 aromatic carbocycles. The first-order valence-electron chi connectivity index (χ1n) is 15.3. The molecule has 231 valence electrons. The van der Waals surface area contributed by atoms with Crippen LogP contribution in [0.4, 0.5) is 4.79 Å². The molecule has 43 heavy (non-hydrogen) atoms. The SMILES string of the molecule is CCCCOC(=O)N1CCN(C(=O)C[As]C(=O)c2cc(OCC(=O)N3CC4CC3CN4CC)c3ccc(C)cc3n2)CC1. The minimum atomic E-state index is -0.996. The van der Waals surface area contributed by atoms with Gasteiger partial charge in [-0.15, -0.1) is 0 Å². The van der Waals surface area contributed by atoms with E-state index in [1.54, 1.807) is 15.9 Å². The van der Waals surface area contributed by atoms with Crippen LogP contribution in [-0.4, -0.2) is 134 Å². The van der Waals surface area contributed by atoms with Crippen molar-refractivity contribution in [1.82, 2.24) is 24.6 Å². The van der Waals surface area contributed by atoms with Crippen LogP contribution in [0.2, 0.25) is 5.21 Å². The predicted molar refractivity (Wildman–Crippen MR) is 162 cm³/mol. The Morgan fingerprint density at radius 1 is 0.977 bits per heavy atom. The summed E-state index contributed by atoms with van der Waals surface area (Å²) in [6.07, 6.45) is 2.46. The molecular formula is C31H41AsN5O6. The average molecular weight is 655 g/mol. The molecule has 3 aliphatic rings. The number of hydrogen-bond acceptors (Lipinski definition) is 8. The molecular weight excluding hydrogens is 613 g/mol. The van der Waals surface area contributed by atoms with Gasteiger partial charge in [-0.1, -0.05) is 6.92 Å². The van der Waals surface area contributed by atoms with E-state index in [0.717, 1.165) is 49.8 Å². The zero-order chi connectivity index (χ0) is 30.5. The van der Waals surface area contributed by atoms with Gasteiger partial charge in [0.25, 0.3) is 0 Å². The van der Waals surface area contributed by atoms with E-state index in [4.69, 9.17) is 9.47 Å². The first-order chi connectivity index (χ1) is 20.8. The Labute approximate surface area is 259 Å². The number of rotatable bonds is 11. The van der Waals surface area contributed by atoms with Crippen molar-refractivity contribution in [2.45, 2.75) is 57.3 Å². The molecule has 0 aliphatic carbocycles. The molecule has 1 radical (unpaired) electrons. The van der Waals surface area contributed by atoms with Crippen LogP contribution in [0.3, 0.4) is 0 Å². The average Bonchev–Trinajstić information content (AvgIpc) is 3.63. The molecule has 12 heteroatoms. The number of ether oxygens (including phenoxy) is 2. The minimum absolute atomic E-state index is 0.0422. The van der Waals surface area contributed by atoms with Crippen LogP contribution in [0, 0.1) is 6.92 Å². The van der Waals surface area contributed by atoms with E-state index >= 15 is 0 Å². The summed E-state index contributed by atoms with van der Waals surface area (Å²) in [5.74, 6) is 0.322. The second kappa shape index (κ2) is 14.1. The number of carbonyl (C=O) groups is 4. The third-order valence-electron chi connectivity index (χ3n) is 8.55. The fourth-order valence-corrected chi connectivity index (χ4v) is 7.64. The fourth-order valence-electron chi connectivity index (χ4n) is 6.05. The molecule has 2 atom stereocenters. The molecule has 2 bridgehead atoms. The van der Waals surface area contributed by atoms with Crippen LogP contribution in [0.15, 0.2) is 24.3 Å². The number of amides is 3. The Morgan fingerprint density at radius 2 is 1.74 bits per heavy atom. The van der Waals surface area contributed by atoms with Crippen molar-refractivity contribution in [2.75, 3.05) is 59.0 Å². The third-order valence-corrected chi connectivity index (χ3v) is 10.5. The summed E-state index contributed by atoms with van der Waals surface area (Å²) >= 11 is -0.996. The number of nitrogens with zero attached hydrogens (tertiary/aromatic N) is 5. The zero-order valence-corrected chi connectivity index (χ0v) is 27.2. The third kappa shape index (κ3) is 7.32. The Kier molecular flexibility index (Phi) is 10.2. The van der Waals surface area contributed by atoms with Crippen molar-refractivity contribution in [3.63, 3.8) is 0 Å². The number of unbranched alkanes of at least 4 members (excludes halogenated alkanes) is 1. The van der Waals surface area contributed by atoms with Crippen LogP contribution in [0.1, 0.15) is 49.2 Å². The molecule has 2 unspecified atom stereocenters. The summed E-state index contributed by atoms with van der Waals surface area (Å²) in [4.78, 5) is 63.8. The number of aromatic nitrogens is 1. The van der Waals surface area contributed by atoms with Gasteiger partial charge in [0.15, 0.2) is 0 Å². The Bertz CT molecular complexity index is 1360. The maximum absolute atomic E-state index is 13.3. The quantitative estimate of drug-likeness (QED) is 0.269. The summed E-state index contributed by atoms with van der Waals surface area (Å²) in [7, 11) is 0. The Morgan fingerprint density at radius 3 is 2.44 bits per heavy atom. The van der Waals surface area contributed by atoms with Crippen LogP contribution in [-0.2, 0) is 14.3 Å². The van der Waals surface area contributed by atoms with E-state index in [1.807, 2.05) is 36.9 Å². The van der Waals surface area contributed by atoms with Gasteiger partial charge in [0.2, 0.25) is 0 Å². The second-order valence-electron chi connectivity index (χ2n) is 11.4. The van der Waals surface area contributed by atoms with Gasteiger partial charge in [0, 0.05) is 0 Å². The number of likely N-dealkylation sites (tertiary alicyclic amines) is 2. The number of likely N-dealkylation sites (N-methyl/N-ethyl adjacent to an activating group) is 1. The number of fused-ring (bicyclic) bond motifs is 3. The van der Waals surface area contributed by atoms with Crippen molar-refractivity contribution in [1.29, 1.82) is 0 Å². The molecule has 4 heterocycles. The van der Waals surface area contributed by atoms with E-state index in [9.17, 15) is 19.2 Å². The predicted octanol–water partition coefficient (Wildman–Crippen LogP) is 2.57. The standard InChI is InChI=1S/C31H41AsN5O6/c1-4-6-13-42-31(41)36-11-9-35(10-12-36)28(38)17-32-30(40)26-16-27(24-8-7-21(3)14-25(24)33-26)43-20-29(39)37-19-22-15-23(37)18-34(22)5-2/h7-8,14,16,22-23H,4-6,9-13,15,17-20H2,1-3H3. The zero-order valence-electron chi connectivity index (χ0n) is 25.3. The van der Waals surface area contributed by atoms with Gasteiger partial charge in [-0.25, -0.2) is 0 Å². The fraction of sp³-hybridized carbons (Fsp3) is 0.581. The number of piperazine rings is 2. The van der Waals surface area contributed by atoms with Crippen LogP contribution >= 0.6 is 0 Å². The van der Waals surface area contributed by atoms with Gasteiger partial charge in [-0.05, 0) is 0 Å². The van der Waals surface area contributed by atoms with Gasteiger partial charge < -0.3 is 0 Å². The molecule has 0 N–H and O–H groups in total. The molecule has 5 rings (SSSR count). The van der Waals surface area contributed by atoms with Crippen LogP contribution in [0.25, 0.3) is 10.9 Å². The molecule has 2 aromatic rings. The van der Waals surface area contributed by atoms with Crippen molar-refractivity contribution >= 4 is 49.1 Å². The molecule has 0 spiro atoms. The van der Waals surface area contributed by atoms with Gasteiger partial charge >= 0.3 is 253 Å². The first-order valence-corrected chi connectivity index (χ1v) is 17.5. The van der Waals surface area contributed by atoms with Gasteiger partial charge in [0.1, 0.15) is 0 Å². The maximum atomic E-state index is 13.3. The van der Waals surface area contributed by atoms with Crippen molar-refractivity contribution < 1.29 is 28.7 Å². The number of carbonyl (C=O) groups excluding carboxylic acids is 4. The van der Waals surface area contributed by atoms with Gasteiger partial charge in [0.05, 0.1) is 0 Å². The summed E-state index contributed by atoms with van der Waals surface area (Å²) in [6.45, 7) is 10.8. The topological polar surface area (TPSA) is 113 Å². The molecule has 0 saturated carbocycles. The molecule has 3 amide bonds. The first kappa shape index (κ1) is 31.3. The van der Waals surface area contributed by atoms with Crippen molar-refractivity contribution in [2.24, 2.45) is 0 Å². The van der Waals surface area contributed by atoms with E-state index in [-0.39, 0.29) is 46.0 Å². The number of pyridine rings is 1. The summed E-state index contributed by atoms with van der Waals surface area (Å²) in [5.41, 5.74) is 1.88. The van der Waals surface area contributed by atoms with E-state index in [2.05, 4.69) is 16.8 Å². The molecule has 3 aliphatic heterocycles. The van der Waals surface area contributed by atoms with E-state index in [1.165, 1.54) is 0 Å².